The van der Waals surface area contributed by atoms with Crippen LogP contribution in [0, 0.1) is 6.92 Å². The predicted octanol–water partition coefficient (Wildman–Crippen LogP) is 0.883. The summed E-state index contributed by atoms with van der Waals surface area (Å²) in [7, 11) is 1.61. The minimum atomic E-state index is -0.404. The molecule has 0 aliphatic rings. The normalized spacial score (nSPS) is 11.6. The summed E-state index contributed by atoms with van der Waals surface area (Å²) >= 11 is 5.83. The Morgan fingerprint density at radius 2 is 2.09 bits per heavy atom. The molecule has 3 heterocycles. The summed E-state index contributed by atoms with van der Waals surface area (Å²) in [4.78, 5) is 29.4. The minimum Gasteiger partial charge on any atom is -0.313 e. The summed E-state index contributed by atoms with van der Waals surface area (Å²) in [5.74, 6) is 1.05. The second-order valence-electron chi connectivity index (χ2n) is 5.11. The molecule has 3 aromatic rings. The highest BCUT2D eigenvalue weighted by molar-refractivity contribution is 6.17. The molecule has 0 atom stereocenters. The van der Waals surface area contributed by atoms with E-state index in [0.717, 1.165) is 10.3 Å². The van der Waals surface area contributed by atoms with Crippen molar-refractivity contribution >= 4 is 28.5 Å². The van der Waals surface area contributed by atoms with Crippen molar-refractivity contribution in [1.29, 1.82) is 0 Å². The number of aromatic nitrogens is 5. The molecular weight excluding hydrogens is 306 g/mol. The molecule has 0 radical (unpaired) electrons. The van der Waals surface area contributed by atoms with Crippen LogP contribution in [0.15, 0.2) is 28.4 Å². The van der Waals surface area contributed by atoms with Crippen LogP contribution >= 0.6 is 11.6 Å². The molecule has 22 heavy (non-hydrogen) atoms. The third-order valence-electron chi connectivity index (χ3n) is 3.76. The lowest BCUT2D eigenvalue weighted by molar-refractivity contribution is 0.667. The Hall–Kier alpha value is -2.28. The lowest BCUT2D eigenvalue weighted by atomic mass is 10.4. The Morgan fingerprint density at radius 1 is 1.36 bits per heavy atom. The predicted molar refractivity (Wildman–Crippen MR) is 85.8 cm³/mol. The minimum absolute atomic E-state index is 0.163. The Kier molecular flexibility index (Phi) is 3.44. The third kappa shape index (κ3) is 1.85. The number of allylic oxidation sites excluding steroid dienone is 1. The molecule has 7 nitrogen and oxygen atoms in total. The van der Waals surface area contributed by atoms with Gasteiger partial charge in [-0.2, -0.15) is 4.98 Å². The summed E-state index contributed by atoms with van der Waals surface area (Å²) in [6.07, 6.45) is 3.36. The van der Waals surface area contributed by atoms with Gasteiger partial charge in [0.15, 0.2) is 11.2 Å². The number of hydrogen-bond donors (Lipinski definition) is 0. The number of nitrogens with zero attached hydrogens (tertiary/aromatic N) is 5. The van der Waals surface area contributed by atoms with Gasteiger partial charge in [0, 0.05) is 37.9 Å². The zero-order chi connectivity index (χ0) is 16.0. The Bertz CT molecular complexity index is 1000. The third-order valence-corrected chi connectivity index (χ3v) is 3.93. The molecule has 116 valence electrons. The van der Waals surface area contributed by atoms with E-state index in [1.165, 1.54) is 10.6 Å². The molecule has 0 amide bonds. The van der Waals surface area contributed by atoms with Gasteiger partial charge in [0.1, 0.15) is 0 Å². The van der Waals surface area contributed by atoms with Crippen LogP contribution in [0.25, 0.3) is 16.9 Å². The van der Waals surface area contributed by atoms with Crippen molar-refractivity contribution in [3.8, 4) is 0 Å². The van der Waals surface area contributed by atoms with E-state index in [1.54, 1.807) is 11.4 Å². The zero-order valence-corrected chi connectivity index (χ0v) is 13.2. The molecular formula is C14H16ClN5O2. The molecule has 0 spiro atoms. The smallest absolute Gasteiger partial charge is 0.313 e. The fourth-order valence-electron chi connectivity index (χ4n) is 2.71. The van der Waals surface area contributed by atoms with Crippen molar-refractivity contribution in [3.63, 3.8) is 0 Å². The number of rotatable bonds is 4. The maximum absolute atomic E-state index is 12.7. The second-order valence-corrected chi connectivity index (χ2v) is 5.49. The molecule has 0 aliphatic carbocycles. The molecule has 0 bridgehead atoms. The molecule has 0 unspecified atom stereocenters. The number of alkyl halides is 1. The van der Waals surface area contributed by atoms with Crippen molar-refractivity contribution in [2.45, 2.75) is 20.0 Å². The van der Waals surface area contributed by atoms with Crippen LogP contribution in [-0.4, -0.2) is 29.0 Å². The summed E-state index contributed by atoms with van der Waals surface area (Å²) in [5, 5.41) is 0. The number of fused-ring (bicyclic) bond motifs is 3. The molecule has 3 aromatic heterocycles. The quantitative estimate of drug-likeness (QED) is 0.529. The van der Waals surface area contributed by atoms with Gasteiger partial charge in [-0.3, -0.25) is 18.3 Å². The van der Waals surface area contributed by atoms with Gasteiger partial charge in [0.25, 0.3) is 5.56 Å². The van der Waals surface area contributed by atoms with E-state index < -0.39 is 5.69 Å². The standard InChI is InChI=1S/C14H16ClN5O2/c1-4-6-19-12(21)10-11(17(3)14(19)22)16-13-18(7-5-15)9(2)8-20(10)13/h4,8H,1,5-7H2,2-3H3. The van der Waals surface area contributed by atoms with Crippen LogP contribution in [0.1, 0.15) is 5.69 Å². The van der Waals surface area contributed by atoms with Crippen LogP contribution in [0.3, 0.4) is 0 Å². The lowest BCUT2D eigenvalue weighted by Crippen LogP contribution is -2.39. The summed E-state index contributed by atoms with van der Waals surface area (Å²) in [6.45, 7) is 6.27. The van der Waals surface area contributed by atoms with Crippen molar-refractivity contribution in [3.05, 3.63) is 45.4 Å². The van der Waals surface area contributed by atoms with Crippen LogP contribution in [0.2, 0.25) is 0 Å². The zero-order valence-electron chi connectivity index (χ0n) is 12.4. The van der Waals surface area contributed by atoms with Gasteiger partial charge in [-0.15, -0.1) is 18.2 Å². The largest absolute Gasteiger partial charge is 0.332 e. The first kappa shape index (κ1) is 14.6. The SMILES string of the molecule is C=CCn1c(=O)c2c(nc3n(CCCl)c(C)cn23)n(C)c1=O. The summed E-state index contributed by atoms with van der Waals surface area (Å²) < 4.78 is 6.18. The number of halogens is 1. The second kappa shape index (κ2) is 5.17. The maximum Gasteiger partial charge on any atom is 0.332 e. The van der Waals surface area contributed by atoms with E-state index in [-0.39, 0.29) is 12.1 Å². The van der Waals surface area contributed by atoms with Crippen molar-refractivity contribution in [1.82, 2.24) is 23.1 Å². The molecule has 8 heteroatoms. The molecule has 0 saturated carbocycles. The first-order valence-electron chi connectivity index (χ1n) is 6.85. The van der Waals surface area contributed by atoms with Crippen LogP contribution in [0.5, 0.6) is 0 Å². The molecule has 0 saturated heterocycles. The topological polar surface area (TPSA) is 66.2 Å². The molecule has 3 rings (SSSR count). The van der Waals surface area contributed by atoms with Crippen LogP contribution in [0.4, 0.5) is 0 Å². The average Bonchev–Trinajstić information content (AvgIpc) is 2.99. The molecule has 0 aromatic carbocycles. The maximum atomic E-state index is 12.7. The van der Waals surface area contributed by atoms with Gasteiger partial charge in [-0.1, -0.05) is 6.08 Å². The highest BCUT2D eigenvalue weighted by Gasteiger charge is 2.19. The van der Waals surface area contributed by atoms with Crippen molar-refractivity contribution in [2.75, 3.05) is 5.88 Å². The van der Waals surface area contributed by atoms with Gasteiger partial charge in [0.05, 0.1) is 0 Å². The Balaban J connectivity index is 2.51. The van der Waals surface area contributed by atoms with Gasteiger partial charge in [-0.25, -0.2) is 4.79 Å². The monoisotopic (exact) mass is 321 g/mol. The van der Waals surface area contributed by atoms with Gasteiger partial charge in [0.2, 0.25) is 5.78 Å². The van der Waals surface area contributed by atoms with E-state index in [2.05, 4.69) is 11.6 Å². The lowest BCUT2D eigenvalue weighted by Gasteiger charge is -2.05. The highest BCUT2D eigenvalue weighted by atomic mass is 35.5. The molecule has 0 fully saturated rings. The highest BCUT2D eigenvalue weighted by Crippen LogP contribution is 2.16. The van der Waals surface area contributed by atoms with Gasteiger partial charge in [-0.05, 0) is 6.92 Å². The van der Waals surface area contributed by atoms with Crippen molar-refractivity contribution < 1.29 is 0 Å². The number of hydrogen-bond acceptors (Lipinski definition) is 3. The Labute approximate surface area is 130 Å². The van der Waals surface area contributed by atoms with Crippen molar-refractivity contribution in [2.24, 2.45) is 7.05 Å². The van der Waals surface area contributed by atoms with E-state index >= 15 is 0 Å². The average molecular weight is 322 g/mol. The van der Waals surface area contributed by atoms with E-state index in [4.69, 9.17) is 11.6 Å². The summed E-state index contributed by atoms with van der Waals surface area (Å²) in [5.41, 5.74) is 0.935. The summed E-state index contributed by atoms with van der Waals surface area (Å²) in [6, 6.07) is 0. The Morgan fingerprint density at radius 3 is 2.73 bits per heavy atom. The van der Waals surface area contributed by atoms with E-state index in [9.17, 15) is 9.59 Å². The molecule has 0 aliphatic heterocycles. The van der Waals surface area contributed by atoms with E-state index in [1.807, 2.05) is 17.7 Å². The van der Waals surface area contributed by atoms with Gasteiger partial charge < -0.3 is 4.57 Å². The van der Waals surface area contributed by atoms with Crippen LogP contribution in [-0.2, 0) is 20.1 Å². The van der Waals surface area contributed by atoms with Gasteiger partial charge >= 0.3 is 5.69 Å². The first-order valence-corrected chi connectivity index (χ1v) is 7.39. The number of aryl methyl sites for hydroxylation is 3. The fourth-order valence-corrected chi connectivity index (χ4v) is 2.88. The first-order chi connectivity index (χ1) is 10.5. The fraction of sp³-hybridized carbons (Fsp3) is 0.357. The number of imidazole rings is 2. The van der Waals surface area contributed by atoms with E-state index in [0.29, 0.717) is 29.4 Å². The van der Waals surface area contributed by atoms with Crippen LogP contribution < -0.4 is 11.2 Å². The molecule has 0 N–H and O–H groups in total.